The fourth-order valence-electron chi connectivity index (χ4n) is 1.21. The number of nitrogens with zero attached hydrogens (tertiary/aromatic N) is 3. The van der Waals surface area contributed by atoms with E-state index in [4.69, 9.17) is 4.52 Å². The van der Waals surface area contributed by atoms with Crippen LogP contribution in [0, 0.1) is 6.92 Å². The first-order valence-electron chi connectivity index (χ1n) is 5.11. The molecule has 0 bridgehead atoms. The molecule has 0 spiro atoms. The van der Waals surface area contributed by atoms with Crippen LogP contribution in [0.15, 0.2) is 4.52 Å². The molecule has 1 heterocycles. The zero-order valence-electron chi connectivity index (χ0n) is 10.0. The predicted octanol–water partition coefficient (Wildman–Crippen LogP) is 2.42. The maximum atomic E-state index is 5.08. The van der Waals surface area contributed by atoms with Gasteiger partial charge in [0.05, 0.1) is 6.04 Å². The van der Waals surface area contributed by atoms with E-state index in [0.29, 0.717) is 11.7 Å². The van der Waals surface area contributed by atoms with Gasteiger partial charge in [-0.2, -0.15) is 4.98 Å². The van der Waals surface area contributed by atoms with Gasteiger partial charge in [0.1, 0.15) is 0 Å². The monoisotopic (exact) mass is 199 g/mol. The standard InChI is InChI=1S/C8H15N3O.C2H6/c1-5-7(11(3)4)8-9-6(2)10-12-8;1-2/h7H,5H2,1-4H3;1-2H3. The van der Waals surface area contributed by atoms with Crippen molar-refractivity contribution in [2.24, 2.45) is 0 Å². The lowest BCUT2D eigenvalue weighted by Gasteiger charge is -2.17. The van der Waals surface area contributed by atoms with Gasteiger partial charge in [0.2, 0.25) is 5.89 Å². The lowest BCUT2D eigenvalue weighted by molar-refractivity contribution is 0.224. The average molecular weight is 199 g/mol. The Labute approximate surface area is 86.3 Å². The van der Waals surface area contributed by atoms with Crippen LogP contribution in [0.3, 0.4) is 0 Å². The normalized spacial score (nSPS) is 12.2. The second-order valence-corrected chi connectivity index (χ2v) is 3.07. The Morgan fingerprint density at radius 3 is 2.21 bits per heavy atom. The van der Waals surface area contributed by atoms with Crippen molar-refractivity contribution in [3.63, 3.8) is 0 Å². The lowest BCUT2D eigenvalue weighted by Crippen LogP contribution is -2.19. The van der Waals surface area contributed by atoms with Crippen LogP contribution in [0.4, 0.5) is 0 Å². The third-order valence-electron chi connectivity index (χ3n) is 1.84. The van der Waals surface area contributed by atoms with E-state index in [9.17, 15) is 0 Å². The fourth-order valence-corrected chi connectivity index (χ4v) is 1.21. The molecule has 0 saturated carbocycles. The molecular formula is C10H21N3O. The van der Waals surface area contributed by atoms with E-state index in [1.54, 1.807) is 0 Å². The highest BCUT2D eigenvalue weighted by Crippen LogP contribution is 2.18. The van der Waals surface area contributed by atoms with E-state index in [1.165, 1.54) is 0 Å². The largest absolute Gasteiger partial charge is 0.338 e. The van der Waals surface area contributed by atoms with Gasteiger partial charge in [0.25, 0.3) is 0 Å². The van der Waals surface area contributed by atoms with E-state index in [2.05, 4.69) is 22.0 Å². The van der Waals surface area contributed by atoms with Crippen LogP contribution in [-0.4, -0.2) is 29.1 Å². The zero-order chi connectivity index (χ0) is 11.1. The highest BCUT2D eigenvalue weighted by molar-refractivity contribution is 4.90. The van der Waals surface area contributed by atoms with Gasteiger partial charge in [0, 0.05) is 0 Å². The molecule has 1 rings (SSSR count). The number of aromatic nitrogens is 2. The smallest absolute Gasteiger partial charge is 0.243 e. The number of rotatable bonds is 3. The van der Waals surface area contributed by atoms with Crippen LogP contribution in [-0.2, 0) is 0 Å². The van der Waals surface area contributed by atoms with Crippen molar-refractivity contribution >= 4 is 0 Å². The second-order valence-electron chi connectivity index (χ2n) is 3.07. The molecule has 0 amide bonds. The molecule has 0 aromatic carbocycles. The summed E-state index contributed by atoms with van der Waals surface area (Å²) < 4.78 is 5.08. The molecule has 0 N–H and O–H groups in total. The van der Waals surface area contributed by atoms with Gasteiger partial charge in [-0.05, 0) is 27.4 Å². The van der Waals surface area contributed by atoms with E-state index in [0.717, 1.165) is 6.42 Å². The molecule has 4 heteroatoms. The molecule has 4 nitrogen and oxygen atoms in total. The van der Waals surface area contributed by atoms with Crippen molar-refractivity contribution in [3.05, 3.63) is 11.7 Å². The van der Waals surface area contributed by atoms with Crippen LogP contribution in [0.1, 0.15) is 44.9 Å². The topological polar surface area (TPSA) is 42.2 Å². The third kappa shape index (κ3) is 3.46. The van der Waals surface area contributed by atoms with E-state index >= 15 is 0 Å². The summed E-state index contributed by atoms with van der Waals surface area (Å²) in [6.07, 6.45) is 0.981. The summed E-state index contributed by atoms with van der Waals surface area (Å²) in [7, 11) is 4.02. The van der Waals surface area contributed by atoms with Crippen molar-refractivity contribution < 1.29 is 4.52 Å². The first-order valence-corrected chi connectivity index (χ1v) is 5.11. The van der Waals surface area contributed by atoms with Crippen molar-refractivity contribution in [1.29, 1.82) is 0 Å². The second kappa shape index (κ2) is 6.54. The number of hydrogen-bond acceptors (Lipinski definition) is 4. The summed E-state index contributed by atoms with van der Waals surface area (Å²) in [6.45, 7) is 7.93. The SMILES string of the molecule is CC.CCC(c1nc(C)no1)N(C)C. The minimum atomic E-state index is 0.242. The number of aryl methyl sites for hydroxylation is 1. The highest BCUT2D eigenvalue weighted by atomic mass is 16.5. The van der Waals surface area contributed by atoms with Crippen molar-refractivity contribution in [2.75, 3.05) is 14.1 Å². The summed E-state index contributed by atoms with van der Waals surface area (Å²) in [6, 6.07) is 0.242. The quantitative estimate of drug-likeness (QED) is 0.749. The molecule has 82 valence electrons. The molecule has 1 atom stereocenters. The number of hydrogen-bond donors (Lipinski definition) is 0. The van der Waals surface area contributed by atoms with Gasteiger partial charge < -0.3 is 4.52 Å². The molecule has 0 saturated heterocycles. The molecule has 0 aliphatic carbocycles. The molecule has 0 radical (unpaired) electrons. The Kier molecular flexibility index (Phi) is 6.12. The summed E-state index contributed by atoms with van der Waals surface area (Å²) >= 11 is 0. The molecule has 0 aliphatic heterocycles. The maximum absolute atomic E-state index is 5.08. The van der Waals surface area contributed by atoms with Crippen molar-refractivity contribution in [1.82, 2.24) is 15.0 Å². The molecule has 1 aromatic heterocycles. The Morgan fingerprint density at radius 2 is 1.93 bits per heavy atom. The molecule has 1 unspecified atom stereocenters. The van der Waals surface area contributed by atoms with Crippen molar-refractivity contribution in [3.8, 4) is 0 Å². The van der Waals surface area contributed by atoms with Gasteiger partial charge in [-0.3, -0.25) is 4.90 Å². The van der Waals surface area contributed by atoms with Crippen molar-refractivity contribution in [2.45, 2.75) is 40.2 Å². The van der Waals surface area contributed by atoms with Gasteiger partial charge in [0.15, 0.2) is 5.82 Å². The Balaban J connectivity index is 0.000000791. The van der Waals surface area contributed by atoms with Gasteiger partial charge in [-0.25, -0.2) is 0 Å². The summed E-state index contributed by atoms with van der Waals surface area (Å²) in [5.74, 6) is 1.41. The van der Waals surface area contributed by atoms with Crippen LogP contribution in [0.2, 0.25) is 0 Å². The fraction of sp³-hybridized carbons (Fsp3) is 0.800. The van der Waals surface area contributed by atoms with Gasteiger partial charge in [-0.15, -0.1) is 0 Å². The molecule has 0 aliphatic rings. The van der Waals surface area contributed by atoms with E-state index in [1.807, 2.05) is 34.9 Å². The molecule has 0 fully saturated rings. The average Bonchev–Trinajstić information content (AvgIpc) is 2.56. The predicted molar refractivity (Wildman–Crippen MR) is 57.1 cm³/mol. The molecule has 1 aromatic rings. The zero-order valence-corrected chi connectivity index (χ0v) is 10.0. The van der Waals surface area contributed by atoms with Crippen LogP contribution < -0.4 is 0 Å². The first-order chi connectivity index (χ1) is 6.65. The molecule has 14 heavy (non-hydrogen) atoms. The first kappa shape index (κ1) is 13.1. The lowest BCUT2D eigenvalue weighted by atomic mass is 10.2. The minimum Gasteiger partial charge on any atom is -0.338 e. The van der Waals surface area contributed by atoms with E-state index in [-0.39, 0.29) is 6.04 Å². The van der Waals surface area contributed by atoms with Crippen LogP contribution in [0.5, 0.6) is 0 Å². The van der Waals surface area contributed by atoms with Crippen LogP contribution in [0.25, 0.3) is 0 Å². The minimum absolute atomic E-state index is 0.242. The molecular weight excluding hydrogens is 178 g/mol. The highest BCUT2D eigenvalue weighted by Gasteiger charge is 2.17. The summed E-state index contributed by atoms with van der Waals surface area (Å²) in [5.41, 5.74) is 0. The van der Waals surface area contributed by atoms with Gasteiger partial charge >= 0.3 is 0 Å². The third-order valence-corrected chi connectivity index (χ3v) is 1.84. The Bertz CT molecular complexity index is 245. The summed E-state index contributed by atoms with van der Waals surface area (Å²) in [4.78, 5) is 6.26. The Morgan fingerprint density at radius 1 is 1.36 bits per heavy atom. The van der Waals surface area contributed by atoms with Gasteiger partial charge in [-0.1, -0.05) is 25.9 Å². The Hall–Kier alpha value is -0.900. The van der Waals surface area contributed by atoms with E-state index < -0.39 is 0 Å². The van der Waals surface area contributed by atoms with Crippen LogP contribution >= 0.6 is 0 Å². The maximum Gasteiger partial charge on any atom is 0.243 e. The summed E-state index contributed by atoms with van der Waals surface area (Å²) in [5, 5.41) is 3.76.